The fourth-order valence-electron chi connectivity index (χ4n) is 2.68. The van der Waals surface area contributed by atoms with E-state index in [-0.39, 0.29) is 0 Å². The fourth-order valence-corrected chi connectivity index (χ4v) is 6.97. The Morgan fingerprint density at radius 1 is 0.941 bits per heavy atom. The van der Waals surface area contributed by atoms with Gasteiger partial charge in [0.15, 0.2) is 0 Å². The third-order valence-corrected chi connectivity index (χ3v) is 9.21. The van der Waals surface area contributed by atoms with Gasteiger partial charge in [-0.1, -0.05) is 58.3 Å². The van der Waals surface area contributed by atoms with E-state index in [2.05, 4.69) is 6.92 Å². The van der Waals surface area contributed by atoms with Gasteiger partial charge in [0.2, 0.25) is 8.32 Å². The lowest BCUT2D eigenvalue weighted by Gasteiger charge is -2.33. The Labute approximate surface area is 113 Å². The molecule has 1 aliphatic rings. The van der Waals surface area contributed by atoms with E-state index < -0.39 is 8.32 Å². The van der Waals surface area contributed by atoms with Crippen LogP contribution in [-0.4, -0.2) is 20.4 Å². The highest BCUT2D eigenvalue weighted by molar-refractivity contribution is 6.80. The Morgan fingerprint density at radius 3 is 2.24 bits per heavy atom. The van der Waals surface area contributed by atoms with Crippen LogP contribution in [0, 0.1) is 0 Å². The minimum Gasteiger partial charge on any atom is -0.416 e. The third-order valence-electron chi connectivity index (χ3n) is 3.91. The molecule has 1 heterocycles. The maximum atomic E-state index is 6.23. The summed E-state index contributed by atoms with van der Waals surface area (Å²) >= 11 is 6.16. The molecule has 17 heavy (non-hydrogen) atoms. The number of rotatable bonds is 9. The van der Waals surface area contributed by atoms with Crippen LogP contribution in [0.2, 0.25) is 12.1 Å². The average Bonchev–Trinajstić information content (AvgIpc) is 2.39. The second kappa shape index (κ2) is 9.40. The fraction of sp³-hybridized carbons (Fsp3) is 1.00. The molecular weight excluding hydrogens is 248 g/mol. The Balaban J connectivity index is 2.03. The number of hydrogen-bond donors (Lipinski definition) is 0. The summed E-state index contributed by atoms with van der Waals surface area (Å²) in [4.78, 5) is 0. The van der Waals surface area contributed by atoms with Crippen molar-refractivity contribution in [2.45, 2.75) is 76.8 Å². The summed E-state index contributed by atoms with van der Waals surface area (Å²) in [6, 6.07) is 2.62. The number of hydrogen-bond acceptors (Lipinski definition) is 1. The van der Waals surface area contributed by atoms with Gasteiger partial charge in [-0.3, -0.25) is 0 Å². The molecule has 0 atom stereocenters. The smallest absolute Gasteiger partial charge is 0.207 e. The molecule has 0 radical (unpaired) electrons. The highest BCUT2D eigenvalue weighted by Crippen LogP contribution is 2.30. The molecular formula is C14H29ClOSi. The monoisotopic (exact) mass is 276 g/mol. The average molecular weight is 277 g/mol. The molecule has 3 heteroatoms. The minimum absolute atomic E-state index is 0.822. The highest BCUT2D eigenvalue weighted by atomic mass is 35.5. The SMILES string of the molecule is CCCCCCCCO[Si]1(CCl)CCCCC1. The zero-order valence-corrected chi connectivity index (χ0v) is 13.2. The molecule has 1 saturated heterocycles. The maximum Gasteiger partial charge on any atom is 0.207 e. The predicted octanol–water partition coefficient (Wildman–Crippen LogP) is 5.27. The molecule has 102 valence electrons. The first-order chi connectivity index (χ1) is 8.33. The van der Waals surface area contributed by atoms with Crippen LogP contribution < -0.4 is 0 Å². The molecule has 1 fully saturated rings. The second-order valence-corrected chi connectivity index (χ2v) is 10.2. The maximum absolute atomic E-state index is 6.23. The first-order valence-electron chi connectivity index (χ1n) is 7.53. The van der Waals surface area contributed by atoms with Crippen molar-refractivity contribution in [2.24, 2.45) is 0 Å². The van der Waals surface area contributed by atoms with Crippen LogP contribution in [0.3, 0.4) is 0 Å². The molecule has 0 saturated carbocycles. The Morgan fingerprint density at radius 2 is 1.59 bits per heavy atom. The normalized spacial score (nSPS) is 19.4. The van der Waals surface area contributed by atoms with Crippen molar-refractivity contribution in [1.29, 1.82) is 0 Å². The molecule has 1 aliphatic heterocycles. The van der Waals surface area contributed by atoms with Gasteiger partial charge in [0.25, 0.3) is 0 Å². The van der Waals surface area contributed by atoms with Crippen LogP contribution in [0.4, 0.5) is 0 Å². The summed E-state index contributed by atoms with van der Waals surface area (Å²) in [6.45, 7) is 3.24. The van der Waals surface area contributed by atoms with Crippen LogP contribution >= 0.6 is 11.6 Å². The Kier molecular flexibility index (Phi) is 8.59. The highest BCUT2D eigenvalue weighted by Gasteiger charge is 2.35. The predicted molar refractivity (Wildman–Crippen MR) is 79.3 cm³/mol. The molecule has 0 aliphatic carbocycles. The summed E-state index contributed by atoms with van der Waals surface area (Å²) in [5.74, 6) is 0. The summed E-state index contributed by atoms with van der Waals surface area (Å²) < 4.78 is 6.23. The summed E-state index contributed by atoms with van der Waals surface area (Å²) in [5.41, 5.74) is 0.822. The molecule has 1 rings (SSSR count). The first kappa shape index (κ1) is 15.5. The topological polar surface area (TPSA) is 9.23 Å². The van der Waals surface area contributed by atoms with Gasteiger partial charge >= 0.3 is 0 Å². The van der Waals surface area contributed by atoms with Gasteiger partial charge in [0.05, 0.1) is 0 Å². The van der Waals surface area contributed by atoms with Gasteiger partial charge in [-0.15, -0.1) is 11.6 Å². The van der Waals surface area contributed by atoms with E-state index in [9.17, 15) is 0 Å². The third kappa shape index (κ3) is 6.26. The lowest BCUT2D eigenvalue weighted by Crippen LogP contribution is -2.43. The van der Waals surface area contributed by atoms with E-state index in [1.165, 1.54) is 69.9 Å². The van der Waals surface area contributed by atoms with Crippen molar-refractivity contribution < 1.29 is 4.43 Å². The summed E-state index contributed by atoms with van der Waals surface area (Å²) in [5, 5.41) is 0. The summed E-state index contributed by atoms with van der Waals surface area (Å²) in [7, 11) is -1.47. The van der Waals surface area contributed by atoms with E-state index in [1.807, 2.05) is 0 Å². The molecule has 0 spiro atoms. The largest absolute Gasteiger partial charge is 0.416 e. The lowest BCUT2D eigenvalue weighted by molar-refractivity contribution is 0.282. The van der Waals surface area contributed by atoms with Crippen LogP contribution in [0.25, 0.3) is 0 Å². The summed E-state index contributed by atoms with van der Waals surface area (Å²) in [6.07, 6.45) is 12.2. The van der Waals surface area contributed by atoms with Crippen LogP contribution in [-0.2, 0) is 4.43 Å². The minimum atomic E-state index is -1.47. The standard InChI is InChI=1S/C14H29ClOSi/c1-2-3-4-5-6-8-11-16-17(14-15)12-9-7-10-13-17/h2-14H2,1H3. The molecule has 0 amide bonds. The van der Waals surface area contributed by atoms with Crippen molar-refractivity contribution in [3.05, 3.63) is 0 Å². The van der Waals surface area contributed by atoms with Crippen molar-refractivity contribution in [1.82, 2.24) is 0 Å². The zero-order chi connectivity index (χ0) is 12.4. The van der Waals surface area contributed by atoms with Gasteiger partial charge < -0.3 is 4.43 Å². The first-order valence-corrected chi connectivity index (χ1v) is 10.6. The van der Waals surface area contributed by atoms with Gasteiger partial charge in [0.1, 0.15) is 0 Å². The van der Waals surface area contributed by atoms with Crippen LogP contribution in [0.15, 0.2) is 0 Å². The van der Waals surface area contributed by atoms with Crippen molar-refractivity contribution in [3.8, 4) is 0 Å². The quantitative estimate of drug-likeness (QED) is 0.317. The van der Waals surface area contributed by atoms with E-state index >= 15 is 0 Å². The van der Waals surface area contributed by atoms with E-state index in [0.29, 0.717) is 0 Å². The molecule has 0 unspecified atom stereocenters. The Bertz CT molecular complexity index is 181. The van der Waals surface area contributed by atoms with Crippen LogP contribution in [0.1, 0.15) is 64.7 Å². The molecule has 1 nitrogen and oxygen atoms in total. The number of unbranched alkanes of at least 4 members (excludes halogenated alkanes) is 5. The van der Waals surface area contributed by atoms with Crippen molar-refractivity contribution in [2.75, 3.05) is 12.1 Å². The van der Waals surface area contributed by atoms with E-state index in [4.69, 9.17) is 16.0 Å². The number of alkyl halides is 1. The van der Waals surface area contributed by atoms with Gasteiger partial charge in [-0.05, 0) is 18.5 Å². The molecule has 0 bridgehead atoms. The molecule has 0 aromatic carbocycles. The van der Waals surface area contributed by atoms with Crippen molar-refractivity contribution in [3.63, 3.8) is 0 Å². The molecule has 0 aromatic rings. The Hall–Kier alpha value is 0.467. The molecule has 0 N–H and O–H groups in total. The molecule has 0 aromatic heterocycles. The van der Waals surface area contributed by atoms with Crippen LogP contribution in [0.5, 0.6) is 0 Å². The number of halogens is 1. The lowest BCUT2D eigenvalue weighted by atomic mass is 10.1. The van der Waals surface area contributed by atoms with E-state index in [1.54, 1.807) is 0 Å². The van der Waals surface area contributed by atoms with Gasteiger partial charge in [-0.25, -0.2) is 0 Å². The van der Waals surface area contributed by atoms with Gasteiger partial charge in [-0.2, -0.15) is 0 Å². The second-order valence-electron chi connectivity index (χ2n) is 5.49. The van der Waals surface area contributed by atoms with E-state index in [0.717, 1.165) is 12.1 Å². The van der Waals surface area contributed by atoms with Gasteiger partial charge in [0, 0.05) is 12.1 Å². The zero-order valence-electron chi connectivity index (χ0n) is 11.5. The van der Waals surface area contributed by atoms with Crippen molar-refractivity contribution >= 4 is 19.9 Å².